The van der Waals surface area contributed by atoms with E-state index in [1.165, 1.54) is 6.08 Å². The maximum atomic E-state index is 11.7. The quantitative estimate of drug-likeness (QED) is 0.618. The second kappa shape index (κ2) is 8.66. The van der Waals surface area contributed by atoms with Crippen molar-refractivity contribution in [1.29, 1.82) is 0 Å². The molecule has 1 N–H and O–H groups in total. The van der Waals surface area contributed by atoms with Crippen LogP contribution >= 0.6 is 11.6 Å². The molecule has 0 saturated carbocycles. The van der Waals surface area contributed by atoms with Crippen molar-refractivity contribution in [1.82, 2.24) is 5.32 Å². The molecule has 1 aliphatic rings. The lowest BCUT2D eigenvalue weighted by Gasteiger charge is -2.19. The molecule has 1 aromatic carbocycles. The highest BCUT2D eigenvalue weighted by atomic mass is 35.5. The number of nitrogens with one attached hydrogen (secondary N) is 1. The summed E-state index contributed by atoms with van der Waals surface area (Å²) in [5.74, 6) is 1.02. The number of carbonyl (C=O) groups is 1. The molecule has 1 aromatic rings. The zero-order chi connectivity index (χ0) is 15.8. The summed E-state index contributed by atoms with van der Waals surface area (Å²) in [4.78, 5) is 11.7. The van der Waals surface area contributed by atoms with E-state index in [4.69, 9.17) is 25.8 Å². The summed E-state index contributed by atoms with van der Waals surface area (Å²) in [6.45, 7) is 4.87. The third-order valence-electron chi connectivity index (χ3n) is 3.02. The molecule has 1 amide bonds. The maximum absolute atomic E-state index is 11.7. The van der Waals surface area contributed by atoms with Gasteiger partial charge in [-0.15, -0.1) is 0 Å². The Hall–Kier alpha value is -1.72. The van der Waals surface area contributed by atoms with Crippen LogP contribution in [0.1, 0.15) is 18.9 Å². The summed E-state index contributed by atoms with van der Waals surface area (Å²) in [7, 11) is 0. The van der Waals surface area contributed by atoms with Crippen LogP contribution in [-0.4, -0.2) is 38.9 Å². The van der Waals surface area contributed by atoms with Crippen LogP contribution in [0.2, 0.25) is 5.02 Å². The highest BCUT2D eigenvalue weighted by Crippen LogP contribution is 2.38. The summed E-state index contributed by atoms with van der Waals surface area (Å²) in [5, 5.41) is 3.27. The van der Waals surface area contributed by atoms with Crippen LogP contribution in [-0.2, 0) is 9.53 Å². The van der Waals surface area contributed by atoms with Crippen LogP contribution in [0.15, 0.2) is 18.2 Å². The first-order valence-electron chi connectivity index (χ1n) is 7.33. The number of rotatable bonds is 7. The summed E-state index contributed by atoms with van der Waals surface area (Å²) in [6, 6.07) is 3.55. The van der Waals surface area contributed by atoms with E-state index in [2.05, 4.69) is 5.32 Å². The van der Waals surface area contributed by atoms with Crippen LogP contribution < -0.4 is 14.8 Å². The highest BCUT2D eigenvalue weighted by Gasteiger charge is 2.15. The van der Waals surface area contributed by atoms with E-state index in [-0.39, 0.29) is 5.91 Å². The SMILES string of the molecule is CCOCCCNC(=O)/C=C\c1cc(Cl)c2c(c1)OCCO2. The van der Waals surface area contributed by atoms with E-state index < -0.39 is 0 Å². The van der Waals surface area contributed by atoms with Gasteiger partial charge in [-0.2, -0.15) is 0 Å². The van der Waals surface area contributed by atoms with Gasteiger partial charge in [-0.3, -0.25) is 4.79 Å². The van der Waals surface area contributed by atoms with Gasteiger partial charge in [-0.05, 0) is 37.1 Å². The first-order valence-corrected chi connectivity index (χ1v) is 7.71. The van der Waals surface area contributed by atoms with Gasteiger partial charge in [0, 0.05) is 25.8 Å². The number of benzene rings is 1. The normalized spacial score (nSPS) is 13.4. The maximum Gasteiger partial charge on any atom is 0.244 e. The van der Waals surface area contributed by atoms with Gasteiger partial charge >= 0.3 is 0 Å². The molecule has 6 heteroatoms. The monoisotopic (exact) mass is 325 g/mol. The minimum absolute atomic E-state index is 0.150. The number of carbonyl (C=O) groups excluding carboxylic acids is 1. The summed E-state index contributed by atoms with van der Waals surface area (Å²) in [6.07, 6.45) is 3.97. The molecule has 0 unspecified atom stereocenters. The van der Waals surface area contributed by atoms with Gasteiger partial charge < -0.3 is 19.5 Å². The molecule has 22 heavy (non-hydrogen) atoms. The smallest absolute Gasteiger partial charge is 0.244 e. The van der Waals surface area contributed by atoms with Crippen molar-refractivity contribution in [2.24, 2.45) is 0 Å². The van der Waals surface area contributed by atoms with Gasteiger partial charge in [0.05, 0.1) is 5.02 Å². The average molecular weight is 326 g/mol. The van der Waals surface area contributed by atoms with Gasteiger partial charge in [0.25, 0.3) is 0 Å². The molecule has 0 saturated heterocycles. The molecule has 120 valence electrons. The second-order valence-corrected chi connectivity index (χ2v) is 5.11. The van der Waals surface area contributed by atoms with Gasteiger partial charge in [0.1, 0.15) is 13.2 Å². The minimum atomic E-state index is -0.150. The number of hydrogen-bond donors (Lipinski definition) is 1. The molecule has 0 fully saturated rings. The molecule has 0 radical (unpaired) electrons. The lowest BCUT2D eigenvalue weighted by molar-refractivity contribution is -0.116. The van der Waals surface area contributed by atoms with Crippen molar-refractivity contribution < 1.29 is 19.0 Å². The third-order valence-corrected chi connectivity index (χ3v) is 3.30. The van der Waals surface area contributed by atoms with Crippen molar-refractivity contribution in [3.8, 4) is 11.5 Å². The van der Waals surface area contributed by atoms with Crippen LogP contribution in [0.4, 0.5) is 0 Å². The lowest BCUT2D eigenvalue weighted by Crippen LogP contribution is -2.23. The first-order chi connectivity index (χ1) is 10.7. The predicted octanol–water partition coefficient (Wildman–Crippen LogP) is 2.67. The number of amides is 1. The second-order valence-electron chi connectivity index (χ2n) is 4.70. The number of halogens is 1. The zero-order valence-electron chi connectivity index (χ0n) is 12.6. The van der Waals surface area contributed by atoms with E-state index in [0.29, 0.717) is 49.5 Å². The van der Waals surface area contributed by atoms with Crippen molar-refractivity contribution in [3.63, 3.8) is 0 Å². The highest BCUT2D eigenvalue weighted by molar-refractivity contribution is 6.32. The number of ether oxygens (including phenoxy) is 3. The molecule has 0 atom stereocenters. The molecule has 0 bridgehead atoms. The number of fused-ring (bicyclic) bond motifs is 1. The Morgan fingerprint density at radius 1 is 1.41 bits per heavy atom. The molecule has 0 aromatic heterocycles. The zero-order valence-corrected chi connectivity index (χ0v) is 13.3. The fourth-order valence-electron chi connectivity index (χ4n) is 1.99. The Morgan fingerprint density at radius 2 is 2.23 bits per heavy atom. The fraction of sp³-hybridized carbons (Fsp3) is 0.438. The molecule has 1 aliphatic heterocycles. The Morgan fingerprint density at radius 3 is 3.05 bits per heavy atom. The van der Waals surface area contributed by atoms with Crippen LogP contribution in [0.5, 0.6) is 11.5 Å². The average Bonchev–Trinajstić information content (AvgIpc) is 2.53. The third kappa shape index (κ3) is 4.93. The first kappa shape index (κ1) is 16.6. The Kier molecular flexibility index (Phi) is 6.55. The number of hydrogen-bond acceptors (Lipinski definition) is 4. The Labute approximate surface area is 135 Å². The van der Waals surface area contributed by atoms with E-state index in [0.717, 1.165) is 12.0 Å². The predicted molar refractivity (Wildman–Crippen MR) is 85.6 cm³/mol. The van der Waals surface area contributed by atoms with Crippen molar-refractivity contribution in [2.45, 2.75) is 13.3 Å². The van der Waals surface area contributed by atoms with Crippen LogP contribution in [0.3, 0.4) is 0 Å². The Bertz CT molecular complexity index is 545. The van der Waals surface area contributed by atoms with E-state index in [1.807, 2.05) is 6.92 Å². The summed E-state index contributed by atoms with van der Waals surface area (Å²) >= 11 is 6.14. The largest absolute Gasteiger partial charge is 0.486 e. The molecule has 0 aliphatic carbocycles. The van der Waals surface area contributed by atoms with Crippen molar-refractivity contribution in [2.75, 3.05) is 33.0 Å². The lowest BCUT2D eigenvalue weighted by atomic mass is 10.1. The minimum Gasteiger partial charge on any atom is -0.486 e. The molecular weight excluding hydrogens is 306 g/mol. The molecular formula is C16H20ClNO4. The molecule has 5 nitrogen and oxygen atoms in total. The van der Waals surface area contributed by atoms with Crippen LogP contribution in [0, 0.1) is 0 Å². The molecule has 2 rings (SSSR count). The Balaban J connectivity index is 1.87. The molecule has 1 heterocycles. The van der Waals surface area contributed by atoms with E-state index in [9.17, 15) is 4.79 Å². The summed E-state index contributed by atoms with van der Waals surface area (Å²) in [5.41, 5.74) is 0.790. The topological polar surface area (TPSA) is 56.8 Å². The van der Waals surface area contributed by atoms with Crippen LogP contribution in [0.25, 0.3) is 6.08 Å². The van der Waals surface area contributed by atoms with Gasteiger partial charge in [0.2, 0.25) is 5.91 Å². The fourth-order valence-corrected chi connectivity index (χ4v) is 2.26. The molecule has 0 spiro atoms. The van der Waals surface area contributed by atoms with Gasteiger partial charge in [-0.1, -0.05) is 11.6 Å². The van der Waals surface area contributed by atoms with Crippen molar-refractivity contribution >= 4 is 23.6 Å². The standard InChI is InChI=1S/C16H20ClNO4/c1-2-20-7-3-6-18-15(19)5-4-12-10-13(17)16-14(11-12)21-8-9-22-16/h4-5,10-11H,2-3,6-9H2,1H3,(H,18,19)/b5-4-. The van der Waals surface area contributed by atoms with Crippen molar-refractivity contribution in [3.05, 3.63) is 28.8 Å². The van der Waals surface area contributed by atoms with Gasteiger partial charge in [0.15, 0.2) is 11.5 Å². The van der Waals surface area contributed by atoms with E-state index >= 15 is 0 Å². The van der Waals surface area contributed by atoms with E-state index in [1.54, 1.807) is 18.2 Å². The summed E-state index contributed by atoms with van der Waals surface area (Å²) < 4.78 is 16.1. The van der Waals surface area contributed by atoms with Gasteiger partial charge in [-0.25, -0.2) is 0 Å².